The molecule has 2 unspecified atom stereocenters. The molecule has 16 heavy (non-hydrogen) atoms. The second kappa shape index (κ2) is 4.80. The Bertz CT molecular complexity index is 370. The molecule has 4 heteroatoms. The van der Waals surface area contributed by atoms with Crippen LogP contribution in [0.3, 0.4) is 0 Å². The van der Waals surface area contributed by atoms with Crippen LogP contribution in [0.5, 0.6) is 5.75 Å². The number of benzene rings is 1. The predicted molar refractivity (Wildman–Crippen MR) is 58.6 cm³/mol. The molecule has 1 aliphatic rings. The highest BCUT2D eigenvalue weighted by molar-refractivity contribution is 5.29. The Morgan fingerprint density at radius 3 is 2.81 bits per heavy atom. The average Bonchev–Trinajstić information content (AvgIpc) is 2.63. The van der Waals surface area contributed by atoms with Crippen molar-refractivity contribution in [3.63, 3.8) is 0 Å². The number of aliphatic hydroxyl groups is 1. The zero-order valence-electron chi connectivity index (χ0n) is 9.03. The second-order valence-corrected chi connectivity index (χ2v) is 4.15. The molecule has 3 N–H and O–H groups in total. The Labute approximate surface area is 94.0 Å². The van der Waals surface area contributed by atoms with Gasteiger partial charge in [-0.3, -0.25) is 0 Å². The van der Waals surface area contributed by atoms with Crippen LogP contribution in [0.4, 0.5) is 4.39 Å². The molecule has 0 saturated heterocycles. The quantitative estimate of drug-likeness (QED) is 0.821. The molecule has 1 fully saturated rings. The first-order valence-corrected chi connectivity index (χ1v) is 5.53. The van der Waals surface area contributed by atoms with Crippen molar-refractivity contribution in [2.75, 3.05) is 0 Å². The van der Waals surface area contributed by atoms with E-state index in [2.05, 4.69) is 0 Å². The zero-order chi connectivity index (χ0) is 11.5. The van der Waals surface area contributed by atoms with Crippen LogP contribution < -0.4 is 10.5 Å². The Balaban J connectivity index is 2.11. The number of ether oxygens (including phenoxy) is 1. The molecule has 0 aromatic heterocycles. The van der Waals surface area contributed by atoms with Crippen molar-refractivity contribution in [3.05, 3.63) is 29.6 Å². The molecule has 3 nitrogen and oxygen atoms in total. The summed E-state index contributed by atoms with van der Waals surface area (Å²) < 4.78 is 18.8. The maximum absolute atomic E-state index is 13.2. The lowest BCUT2D eigenvalue weighted by Crippen LogP contribution is -2.25. The van der Waals surface area contributed by atoms with Gasteiger partial charge in [-0.15, -0.1) is 0 Å². The monoisotopic (exact) mass is 225 g/mol. The van der Waals surface area contributed by atoms with Gasteiger partial charge in [-0.1, -0.05) is 0 Å². The van der Waals surface area contributed by atoms with Gasteiger partial charge in [-0.25, -0.2) is 4.39 Å². The van der Waals surface area contributed by atoms with Gasteiger partial charge in [0.25, 0.3) is 0 Å². The first-order valence-electron chi connectivity index (χ1n) is 5.53. The highest BCUT2D eigenvalue weighted by Crippen LogP contribution is 2.25. The lowest BCUT2D eigenvalue weighted by Gasteiger charge is -2.17. The summed E-state index contributed by atoms with van der Waals surface area (Å²) in [6.07, 6.45) is 1.86. The number of hydrogen-bond acceptors (Lipinski definition) is 3. The zero-order valence-corrected chi connectivity index (χ0v) is 9.03. The van der Waals surface area contributed by atoms with Gasteiger partial charge in [-0.05, 0) is 37.0 Å². The summed E-state index contributed by atoms with van der Waals surface area (Å²) >= 11 is 0. The summed E-state index contributed by atoms with van der Waals surface area (Å²) in [5.41, 5.74) is 6.15. The standard InChI is InChI=1S/C12H16FNO2/c13-9-4-8(7-14)5-10(6-9)16-12-3-1-2-11(12)15/h4-6,11-12,15H,1-3,7,14H2. The van der Waals surface area contributed by atoms with Crippen molar-refractivity contribution in [1.82, 2.24) is 0 Å². The third-order valence-electron chi connectivity index (χ3n) is 2.87. The lowest BCUT2D eigenvalue weighted by molar-refractivity contribution is 0.0601. The van der Waals surface area contributed by atoms with Crippen molar-refractivity contribution in [1.29, 1.82) is 0 Å². The van der Waals surface area contributed by atoms with E-state index in [-0.39, 0.29) is 18.5 Å². The molecule has 2 atom stereocenters. The fourth-order valence-electron chi connectivity index (χ4n) is 2.03. The van der Waals surface area contributed by atoms with E-state index < -0.39 is 6.10 Å². The molecule has 88 valence electrons. The van der Waals surface area contributed by atoms with Crippen LogP contribution in [0, 0.1) is 5.82 Å². The number of hydrogen-bond donors (Lipinski definition) is 2. The average molecular weight is 225 g/mol. The molecule has 0 bridgehead atoms. The molecule has 1 aliphatic carbocycles. The summed E-state index contributed by atoms with van der Waals surface area (Å²) in [4.78, 5) is 0. The maximum Gasteiger partial charge on any atom is 0.127 e. The molecule has 0 spiro atoms. The van der Waals surface area contributed by atoms with Crippen molar-refractivity contribution in [2.24, 2.45) is 5.73 Å². The Hall–Kier alpha value is -1.13. The number of rotatable bonds is 3. The molecule has 1 aromatic carbocycles. The van der Waals surface area contributed by atoms with E-state index in [4.69, 9.17) is 10.5 Å². The first kappa shape index (κ1) is 11.4. The predicted octanol–water partition coefficient (Wildman–Crippen LogP) is 1.58. The van der Waals surface area contributed by atoms with Crippen LogP contribution in [-0.2, 0) is 6.54 Å². The molecule has 0 heterocycles. The number of aliphatic hydroxyl groups excluding tert-OH is 1. The number of halogens is 1. The van der Waals surface area contributed by atoms with Crippen LogP contribution in [0.15, 0.2) is 18.2 Å². The van der Waals surface area contributed by atoms with Gasteiger partial charge in [0.15, 0.2) is 0 Å². The highest BCUT2D eigenvalue weighted by atomic mass is 19.1. The SMILES string of the molecule is NCc1cc(F)cc(OC2CCCC2O)c1. The normalized spacial score (nSPS) is 24.7. The van der Waals surface area contributed by atoms with Gasteiger partial charge in [0.2, 0.25) is 0 Å². The minimum Gasteiger partial charge on any atom is -0.488 e. The van der Waals surface area contributed by atoms with Gasteiger partial charge in [-0.2, -0.15) is 0 Å². The van der Waals surface area contributed by atoms with E-state index in [1.807, 2.05) is 0 Å². The highest BCUT2D eigenvalue weighted by Gasteiger charge is 2.26. The second-order valence-electron chi connectivity index (χ2n) is 4.15. The van der Waals surface area contributed by atoms with E-state index in [9.17, 15) is 9.50 Å². The van der Waals surface area contributed by atoms with E-state index >= 15 is 0 Å². The number of nitrogens with two attached hydrogens (primary N) is 1. The van der Waals surface area contributed by atoms with E-state index in [0.717, 1.165) is 19.3 Å². The summed E-state index contributed by atoms with van der Waals surface area (Å²) in [5.74, 6) is 0.0943. The molecule has 1 aromatic rings. The minimum absolute atomic E-state index is 0.215. The van der Waals surface area contributed by atoms with Crippen molar-refractivity contribution < 1.29 is 14.2 Å². The summed E-state index contributed by atoms with van der Waals surface area (Å²) in [6, 6.07) is 4.43. The topological polar surface area (TPSA) is 55.5 Å². The van der Waals surface area contributed by atoms with Crippen LogP contribution in [0.1, 0.15) is 24.8 Å². The summed E-state index contributed by atoms with van der Waals surface area (Å²) in [7, 11) is 0. The van der Waals surface area contributed by atoms with E-state index in [0.29, 0.717) is 11.3 Å². The van der Waals surface area contributed by atoms with Crippen molar-refractivity contribution >= 4 is 0 Å². The van der Waals surface area contributed by atoms with Gasteiger partial charge in [0.1, 0.15) is 17.7 Å². The maximum atomic E-state index is 13.2. The third-order valence-corrected chi connectivity index (χ3v) is 2.87. The van der Waals surface area contributed by atoms with Gasteiger partial charge in [0.05, 0.1) is 6.10 Å². The Kier molecular flexibility index (Phi) is 3.41. The molecule has 0 aliphatic heterocycles. The van der Waals surface area contributed by atoms with Gasteiger partial charge >= 0.3 is 0 Å². The smallest absolute Gasteiger partial charge is 0.127 e. The molecule has 2 rings (SSSR count). The Morgan fingerprint density at radius 1 is 1.38 bits per heavy atom. The summed E-state index contributed by atoms with van der Waals surface area (Å²) in [5, 5.41) is 9.60. The van der Waals surface area contributed by atoms with Crippen molar-refractivity contribution in [2.45, 2.75) is 38.0 Å². The molecular weight excluding hydrogens is 209 g/mol. The van der Waals surface area contributed by atoms with E-state index in [1.165, 1.54) is 12.1 Å². The van der Waals surface area contributed by atoms with E-state index in [1.54, 1.807) is 6.07 Å². The third kappa shape index (κ3) is 2.51. The molecular formula is C12H16FNO2. The van der Waals surface area contributed by atoms with Crippen LogP contribution in [-0.4, -0.2) is 17.3 Å². The van der Waals surface area contributed by atoms with Gasteiger partial charge in [0, 0.05) is 12.6 Å². The molecule has 0 amide bonds. The van der Waals surface area contributed by atoms with Crippen molar-refractivity contribution in [3.8, 4) is 5.75 Å². The first-order chi connectivity index (χ1) is 7.69. The van der Waals surface area contributed by atoms with Crippen LogP contribution in [0.2, 0.25) is 0 Å². The Morgan fingerprint density at radius 2 is 2.19 bits per heavy atom. The summed E-state index contributed by atoms with van der Waals surface area (Å²) in [6.45, 7) is 0.279. The minimum atomic E-state index is -0.440. The van der Waals surface area contributed by atoms with Crippen LogP contribution >= 0.6 is 0 Å². The fourth-order valence-corrected chi connectivity index (χ4v) is 2.03. The van der Waals surface area contributed by atoms with Gasteiger partial charge < -0.3 is 15.6 Å². The lowest BCUT2D eigenvalue weighted by atomic mass is 10.2. The molecule has 0 radical (unpaired) electrons. The molecule has 1 saturated carbocycles. The fraction of sp³-hybridized carbons (Fsp3) is 0.500. The largest absolute Gasteiger partial charge is 0.488 e. The van der Waals surface area contributed by atoms with Crippen LogP contribution in [0.25, 0.3) is 0 Å².